The maximum atomic E-state index is 6.13. The molecule has 0 spiro atoms. The molecule has 0 saturated carbocycles. The molecule has 12 aromatic rings. The van der Waals surface area contributed by atoms with Crippen LogP contribution in [0, 0.1) is 0 Å². The smallest absolute Gasteiger partial charge is 0.160 e. The van der Waals surface area contributed by atoms with Gasteiger partial charge in [-0.2, -0.15) is 0 Å². The molecule has 1 aliphatic rings. The van der Waals surface area contributed by atoms with Gasteiger partial charge in [-0.25, -0.2) is 9.97 Å². The second kappa shape index (κ2) is 16.2. The Morgan fingerprint density at radius 3 is 1.31 bits per heavy atom. The van der Waals surface area contributed by atoms with Crippen molar-refractivity contribution in [3.8, 4) is 78.4 Å². The highest BCUT2D eigenvalue weighted by molar-refractivity contribution is 6.06. The zero-order valence-corrected chi connectivity index (χ0v) is 37.1. The van der Waals surface area contributed by atoms with Crippen LogP contribution in [-0.2, 0) is 5.41 Å². The Balaban J connectivity index is 0.950. The van der Waals surface area contributed by atoms with E-state index in [4.69, 9.17) is 14.4 Å². The average Bonchev–Trinajstić information content (AvgIpc) is 3.94. The lowest BCUT2D eigenvalue weighted by molar-refractivity contribution is 0.669. The summed E-state index contributed by atoms with van der Waals surface area (Å²) in [4.78, 5) is 10.6. The molecule has 0 atom stereocenters. The minimum atomic E-state index is -0.608. The zero-order valence-electron chi connectivity index (χ0n) is 37.1. The maximum Gasteiger partial charge on any atom is 0.160 e. The zero-order chi connectivity index (χ0) is 45.0. The van der Waals surface area contributed by atoms with Crippen LogP contribution in [0.2, 0.25) is 0 Å². The molecule has 318 valence electrons. The van der Waals surface area contributed by atoms with E-state index in [1.54, 1.807) is 0 Å². The molecule has 0 saturated heterocycles. The first-order chi connectivity index (χ1) is 33.7. The third-order valence-electron chi connectivity index (χ3n) is 13.8. The van der Waals surface area contributed by atoms with Crippen molar-refractivity contribution < 1.29 is 4.42 Å². The van der Waals surface area contributed by atoms with E-state index in [2.05, 4.69) is 224 Å². The van der Waals surface area contributed by atoms with Gasteiger partial charge >= 0.3 is 0 Å². The van der Waals surface area contributed by atoms with Crippen molar-refractivity contribution in [3.63, 3.8) is 0 Å². The molecule has 0 unspecified atom stereocenters. The molecule has 0 amide bonds. The van der Waals surface area contributed by atoms with Gasteiger partial charge in [-0.05, 0) is 103 Å². The van der Waals surface area contributed by atoms with Crippen LogP contribution in [0.1, 0.15) is 22.3 Å². The second-order valence-electron chi connectivity index (χ2n) is 17.7. The van der Waals surface area contributed by atoms with E-state index in [9.17, 15) is 0 Å². The highest BCUT2D eigenvalue weighted by atomic mass is 16.3. The molecule has 2 heterocycles. The van der Waals surface area contributed by atoms with Gasteiger partial charge in [-0.3, -0.25) is 0 Å². The van der Waals surface area contributed by atoms with E-state index in [-0.39, 0.29) is 0 Å². The Labute approximate surface area is 395 Å². The lowest BCUT2D eigenvalue weighted by Gasteiger charge is -2.34. The van der Waals surface area contributed by atoms with E-state index in [0.29, 0.717) is 5.82 Å². The number of hydrogen-bond acceptors (Lipinski definition) is 3. The van der Waals surface area contributed by atoms with E-state index in [1.165, 1.54) is 55.6 Å². The fourth-order valence-electron chi connectivity index (χ4n) is 10.5. The van der Waals surface area contributed by atoms with Crippen LogP contribution in [0.4, 0.5) is 0 Å². The van der Waals surface area contributed by atoms with Gasteiger partial charge in [0.25, 0.3) is 0 Å². The van der Waals surface area contributed by atoms with Gasteiger partial charge in [0.15, 0.2) is 5.82 Å². The molecule has 10 aromatic carbocycles. The Kier molecular flexibility index (Phi) is 9.40. The molecular formula is C65H42N2O. The van der Waals surface area contributed by atoms with E-state index < -0.39 is 5.41 Å². The normalized spacial score (nSPS) is 12.5. The molecule has 13 rings (SSSR count). The van der Waals surface area contributed by atoms with Gasteiger partial charge in [-0.15, -0.1) is 0 Å². The van der Waals surface area contributed by atoms with Crippen LogP contribution < -0.4 is 0 Å². The first-order valence-electron chi connectivity index (χ1n) is 23.2. The fourth-order valence-corrected chi connectivity index (χ4v) is 10.5. The summed E-state index contributed by atoms with van der Waals surface area (Å²) < 4.78 is 6.13. The molecule has 68 heavy (non-hydrogen) atoms. The van der Waals surface area contributed by atoms with Crippen LogP contribution in [0.5, 0.6) is 0 Å². The standard InChI is InChI=1S/C65H42N2O/c1-5-15-43(16-6-1)44-25-27-46(28-26-44)50-33-36-54-55-37-34-51(41-59(55)65(58(54)40-50,52-19-9-3-10-20-52)53-21-11-4-12-22-53)61-42-60(66-64(67-61)48-17-7-2-8-18-48)47-31-29-45(30-32-47)49-35-38-63-57(39-49)56-23-13-14-24-62(56)68-63/h1-42H. The predicted octanol–water partition coefficient (Wildman–Crippen LogP) is 16.7. The van der Waals surface area contributed by atoms with E-state index in [0.717, 1.165) is 61.1 Å². The minimum Gasteiger partial charge on any atom is -0.456 e. The van der Waals surface area contributed by atoms with Gasteiger partial charge in [0.1, 0.15) is 11.2 Å². The number of hydrogen-bond donors (Lipinski definition) is 0. The predicted molar refractivity (Wildman–Crippen MR) is 279 cm³/mol. The Morgan fingerprint density at radius 1 is 0.279 bits per heavy atom. The highest BCUT2D eigenvalue weighted by Gasteiger charge is 2.46. The van der Waals surface area contributed by atoms with E-state index in [1.807, 2.05) is 30.3 Å². The quantitative estimate of drug-likeness (QED) is 0.153. The molecule has 0 fully saturated rings. The number of aromatic nitrogens is 2. The van der Waals surface area contributed by atoms with Gasteiger partial charge in [0.2, 0.25) is 0 Å². The molecular weight excluding hydrogens is 825 g/mol. The van der Waals surface area contributed by atoms with Crippen LogP contribution in [0.3, 0.4) is 0 Å². The first kappa shape index (κ1) is 39.4. The molecule has 0 aliphatic heterocycles. The lowest BCUT2D eigenvalue weighted by atomic mass is 9.67. The van der Waals surface area contributed by atoms with Crippen LogP contribution in [-0.4, -0.2) is 9.97 Å². The molecule has 3 nitrogen and oxygen atoms in total. The second-order valence-corrected chi connectivity index (χ2v) is 17.7. The molecule has 3 heteroatoms. The largest absolute Gasteiger partial charge is 0.456 e. The SMILES string of the molecule is c1ccc(-c2ccc(-c3ccc4c(c3)C(c3ccccc3)(c3ccccc3)c3cc(-c5cc(-c6ccc(-c7ccc8oc9ccccc9c8c7)cc6)nc(-c6ccccc6)n5)ccc3-4)cc2)cc1. The molecule has 0 N–H and O–H groups in total. The molecule has 0 bridgehead atoms. The van der Waals surface area contributed by atoms with Crippen molar-refractivity contribution in [2.75, 3.05) is 0 Å². The Morgan fingerprint density at radius 2 is 0.691 bits per heavy atom. The van der Waals surface area contributed by atoms with Crippen molar-refractivity contribution in [1.82, 2.24) is 9.97 Å². The summed E-state index contributed by atoms with van der Waals surface area (Å²) in [7, 11) is 0. The monoisotopic (exact) mass is 866 g/mol. The third-order valence-corrected chi connectivity index (χ3v) is 13.8. The summed E-state index contributed by atoms with van der Waals surface area (Å²) in [5.74, 6) is 0.684. The average molecular weight is 867 g/mol. The molecule has 1 aliphatic carbocycles. The van der Waals surface area contributed by atoms with Crippen molar-refractivity contribution in [2.45, 2.75) is 5.41 Å². The number of benzene rings is 10. The van der Waals surface area contributed by atoms with Gasteiger partial charge in [0.05, 0.1) is 16.8 Å². The summed E-state index contributed by atoms with van der Waals surface area (Å²) in [5, 5.41) is 2.24. The summed E-state index contributed by atoms with van der Waals surface area (Å²) >= 11 is 0. The first-order valence-corrected chi connectivity index (χ1v) is 23.2. The van der Waals surface area contributed by atoms with Crippen LogP contribution >= 0.6 is 0 Å². The summed E-state index contributed by atoms with van der Waals surface area (Å²) in [6.07, 6.45) is 0. The van der Waals surface area contributed by atoms with Crippen LogP contribution in [0.25, 0.3) is 100 Å². The fraction of sp³-hybridized carbons (Fsp3) is 0.0154. The number of fused-ring (bicyclic) bond motifs is 6. The summed E-state index contributed by atoms with van der Waals surface area (Å²) in [6, 6.07) is 91.4. The Hall–Kier alpha value is -8.92. The number of furan rings is 1. The highest BCUT2D eigenvalue weighted by Crippen LogP contribution is 2.57. The summed E-state index contributed by atoms with van der Waals surface area (Å²) in [5.41, 5.74) is 20.3. The van der Waals surface area contributed by atoms with Crippen molar-refractivity contribution in [3.05, 3.63) is 277 Å². The third kappa shape index (κ3) is 6.59. The van der Waals surface area contributed by atoms with Gasteiger partial charge in [0, 0.05) is 27.5 Å². The lowest BCUT2D eigenvalue weighted by Crippen LogP contribution is -2.28. The minimum absolute atomic E-state index is 0.608. The van der Waals surface area contributed by atoms with Crippen molar-refractivity contribution >= 4 is 21.9 Å². The number of nitrogens with zero attached hydrogens (tertiary/aromatic N) is 2. The molecule has 2 aromatic heterocycles. The number of para-hydroxylation sites is 1. The van der Waals surface area contributed by atoms with Gasteiger partial charge < -0.3 is 4.42 Å². The van der Waals surface area contributed by atoms with Gasteiger partial charge in [-0.1, -0.05) is 218 Å². The van der Waals surface area contributed by atoms with E-state index >= 15 is 0 Å². The van der Waals surface area contributed by atoms with Crippen LogP contribution in [0.15, 0.2) is 259 Å². The topological polar surface area (TPSA) is 38.9 Å². The maximum absolute atomic E-state index is 6.13. The Bertz CT molecular complexity index is 3770. The van der Waals surface area contributed by atoms with Crippen molar-refractivity contribution in [1.29, 1.82) is 0 Å². The molecule has 0 radical (unpaired) electrons. The van der Waals surface area contributed by atoms with Crippen molar-refractivity contribution in [2.24, 2.45) is 0 Å². The number of rotatable bonds is 8. The summed E-state index contributed by atoms with van der Waals surface area (Å²) in [6.45, 7) is 0.